The van der Waals surface area contributed by atoms with E-state index in [4.69, 9.17) is 9.47 Å². The molecule has 0 spiro atoms. The first-order chi connectivity index (χ1) is 9.82. The van der Waals surface area contributed by atoms with E-state index in [1.165, 1.54) is 0 Å². The number of nitrogens with one attached hydrogen (secondary N) is 1. The lowest BCUT2D eigenvalue weighted by atomic mass is 10.0. The fraction of sp³-hybridized carbons (Fsp3) is 0.733. The molecule has 1 aromatic heterocycles. The summed E-state index contributed by atoms with van der Waals surface area (Å²) in [6.45, 7) is 9.54. The number of nitrogens with zero attached hydrogens (tertiary/aromatic N) is 2. The smallest absolute Gasteiger partial charge is 0.227 e. The number of hydrogen-bond acceptors (Lipinski definition) is 4. The highest BCUT2D eigenvalue weighted by atomic mass is 16.5. The summed E-state index contributed by atoms with van der Waals surface area (Å²) in [7, 11) is 1.65. The molecule has 2 rings (SSSR count). The Morgan fingerprint density at radius 1 is 1.52 bits per heavy atom. The highest BCUT2D eigenvalue weighted by molar-refractivity contribution is 5.79. The minimum Gasteiger partial charge on any atom is -0.382 e. The molecule has 1 aliphatic heterocycles. The van der Waals surface area contributed by atoms with Gasteiger partial charge in [0.25, 0.3) is 0 Å². The molecular weight excluding hydrogens is 270 g/mol. The molecule has 6 heteroatoms. The number of aryl methyl sites for hydroxylation is 2. The Hall–Kier alpha value is -1.40. The first-order valence-corrected chi connectivity index (χ1v) is 7.27. The minimum absolute atomic E-state index is 0.0748. The van der Waals surface area contributed by atoms with Gasteiger partial charge in [-0.2, -0.15) is 5.10 Å². The highest BCUT2D eigenvalue weighted by Gasteiger charge is 2.35. The minimum atomic E-state index is -0.350. The second kappa shape index (κ2) is 6.15. The van der Waals surface area contributed by atoms with E-state index in [0.717, 1.165) is 17.0 Å². The summed E-state index contributed by atoms with van der Waals surface area (Å²) < 4.78 is 11.1. The number of aromatic nitrogens is 2. The van der Waals surface area contributed by atoms with Crippen LogP contribution in [0.1, 0.15) is 30.8 Å². The third kappa shape index (κ3) is 3.83. The first-order valence-electron chi connectivity index (χ1n) is 7.27. The fourth-order valence-electron chi connectivity index (χ4n) is 2.86. The third-order valence-corrected chi connectivity index (χ3v) is 3.80. The number of methoxy groups -OCH3 is 1. The first kappa shape index (κ1) is 16.0. The van der Waals surface area contributed by atoms with Gasteiger partial charge >= 0.3 is 0 Å². The number of ether oxygens (including phenoxy) is 2. The molecule has 1 unspecified atom stereocenters. The maximum atomic E-state index is 12.6. The quantitative estimate of drug-likeness (QED) is 0.907. The lowest BCUT2D eigenvalue weighted by Gasteiger charge is -2.42. The van der Waals surface area contributed by atoms with E-state index in [9.17, 15) is 4.79 Å². The van der Waals surface area contributed by atoms with E-state index in [1.54, 1.807) is 7.11 Å². The number of morpholine rings is 1. The summed E-state index contributed by atoms with van der Waals surface area (Å²) in [5.74, 6) is 0.111. The summed E-state index contributed by atoms with van der Waals surface area (Å²) in [6, 6.07) is 0. The van der Waals surface area contributed by atoms with Crippen LogP contribution in [-0.2, 0) is 20.7 Å². The third-order valence-electron chi connectivity index (χ3n) is 3.80. The van der Waals surface area contributed by atoms with Gasteiger partial charge in [-0.1, -0.05) is 0 Å². The molecule has 21 heavy (non-hydrogen) atoms. The van der Waals surface area contributed by atoms with E-state index >= 15 is 0 Å². The van der Waals surface area contributed by atoms with Crippen molar-refractivity contribution in [1.29, 1.82) is 0 Å². The van der Waals surface area contributed by atoms with Crippen molar-refractivity contribution >= 4 is 5.91 Å². The van der Waals surface area contributed by atoms with Gasteiger partial charge in [0.1, 0.15) is 0 Å². The van der Waals surface area contributed by atoms with Crippen LogP contribution in [0.4, 0.5) is 0 Å². The summed E-state index contributed by atoms with van der Waals surface area (Å²) >= 11 is 0. The second-order valence-electron chi connectivity index (χ2n) is 6.32. The van der Waals surface area contributed by atoms with Crippen molar-refractivity contribution in [2.45, 2.75) is 45.8 Å². The molecule has 0 saturated carbocycles. The Morgan fingerprint density at radius 2 is 2.24 bits per heavy atom. The average molecular weight is 295 g/mol. The molecule has 1 N–H and O–H groups in total. The number of H-pyrrole nitrogens is 1. The van der Waals surface area contributed by atoms with Crippen LogP contribution >= 0.6 is 0 Å². The second-order valence-corrected chi connectivity index (χ2v) is 6.32. The summed E-state index contributed by atoms with van der Waals surface area (Å²) in [5, 5.41) is 7.07. The topological polar surface area (TPSA) is 67.5 Å². The van der Waals surface area contributed by atoms with E-state index in [-0.39, 0.29) is 17.6 Å². The average Bonchev–Trinajstić information content (AvgIpc) is 2.69. The molecule has 118 valence electrons. The highest BCUT2D eigenvalue weighted by Crippen LogP contribution is 2.22. The van der Waals surface area contributed by atoms with Crippen LogP contribution in [0, 0.1) is 13.8 Å². The van der Waals surface area contributed by atoms with Crippen LogP contribution in [0.15, 0.2) is 0 Å². The van der Waals surface area contributed by atoms with Crippen molar-refractivity contribution < 1.29 is 14.3 Å². The van der Waals surface area contributed by atoms with Gasteiger partial charge in [0.15, 0.2) is 0 Å². The molecule has 0 aromatic carbocycles. The number of carbonyl (C=O) groups excluding carboxylic acids is 1. The monoisotopic (exact) mass is 295 g/mol. The SMILES string of the molecule is COCC1CN(C(=O)Cc2c(C)n[nH]c2C)CC(C)(C)O1. The van der Waals surface area contributed by atoms with E-state index in [1.807, 2.05) is 32.6 Å². The number of carbonyl (C=O) groups is 1. The van der Waals surface area contributed by atoms with E-state index in [2.05, 4.69) is 10.2 Å². The molecular formula is C15H25N3O3. The van der Waals surface area contributed by atoms with Gasteiger partial charge in [0, 0.05) is 31.5 Å². The van der Waals surface area contributed by atoms with Gasteiger partial charge in [0.2, 0.25) is 5.91 Å². The van der Waals surface area contributed by atoms with Crippen molar-refractivity contribution in [1.82, 2.24) is 15.1 Å². The Morgan fingerprint density at radius 3 is 2.81 bits per heavy atom. The maximum absolute atomic E-state index is 12.6. The molecule has 0 radical (unpaired) electrons. The van der Waals surface area contributed by atoms with Crippen LogP contribution in [0.3, 0.4) is 0 Å². The van der Waals surface area contributed by atoms with Crippen molar-refractivity contribution in [3.8, 4) is 0 Å². The lowest BCUT2D eigenvalue weighted by Crippen LogP contribution is -2.56. The van der Waals surface area contributed by atoms with Crippen LogP contribution < -0.4 is 0 Å². The predicted molar refractivity (Wildman–Crippen MR) is 79.2 cm³/mol. The summed E-state index contributed by atoms with van der Waals surface area (Å²) in [4.78, 5) is 14.5. The number of hydrogen-bond donors (Lipinski definition) is 1. The lowest BCUT2D eigenvalue weighted by molar-refractivity contribution is -0.168. The van der Waals surface area contributed by atoms with Crippen molar-refractivity contribution in [3.63, 3.8) is 0 Å². The zero-order chi connectivity index (χ0) is 15.6. The van der Waals surface area contributed by atoms with Crippen LogP contribution in [0.5, 0.6) is 0 Å². The van der Waals surface area contributed by atoms with E-state index < -0.39 is 0 Å². The Balaban J connectivity index is 2.07. The van der Waals surface area contributed by atoms with Gasteiger partial charge < -0.3 is 14.4 Å². The molecule has 1 atom stereocenters. The number of aromatic amines is 1. The molecule has 1 amide bonds. The molecule has 1 saturated heterocycles. The van der Waals surface area contributed by atoms with Crippen molar-refractivity contribution in [2.75, 3.05) is 26.8 Å². The summed E-state index contributed by atoms with van der Waals surface area (Å²) in [6.07, 6.45) is 0.304. The molecule has 0 aliphatic carbocycles. The largest absolute Gasteiger partial charge is 0.382 e. The molecule has 1 fully saturated rings. The van der Waals surface area contributed by atoms with Crippen LogP contribution in [0.2, 0.25) is 0 Å². The Kier molecular flexibility index (Phi) is 4.68. The van der Waals surface area contributed by atoms with Gasteiger partial charge in [-0.05, 0) is 27.7 Å². The Labute approximate surface area is 125 Å². The number of rotatable bonds is 4. The fourth-order valence-corrected chi connectivity index (χ4v) is 2.86. The van der Waals surface area contributed by atoms with Crippen molar-refractivity contribution in [2.24, 2.45) is 0 Å². The van der Waals surface area contributed by atoms with Gasteiger partial charge in [-0.25, -0.2) is 0 Å². The molecule has 1 aliphatic rings. The normalized spacial score (nSPS) is 21.6. The predicted octanol–water partition coefficient (Wildman–Crippen LogP) is 1.22. The molecule has 1 aromatic rings. The van der Waals surface area contributed by atoms with Crippen LogP contribution in [0.25, 0.3) is 0 Å². The zero-order valence-corrected chi connectivity index (χ0v) is 13.5. The molecule has 2 heterocycles. The maximum Gasteiger partial charge on any atom is 0.227 e. The van der Waals surface area contributed by atoms with Gasteiger partial charge in [-0.15, -0.1) is 0 Å². The Bertz CT molecular complexity index is 491. The van der Waals surface area contributed by atoms with Gasteiger partial charge in [0.05, 0.1) is 30.4 Å². The van der Waals surface area contributed by atoms with Crippen LogP contribution in [-0.4, -0.2) is 59.5 Å². The number of amides is 1. The van der Waals surface area contributed by atoms with Crippen molar-refractivity contribution in [3.05, 3.63) is 17.0 Å². The summed E-state index contributed by atoms with van der Waals surface area (Å²) in [5.41, 5.74) is 2.49. The molecule has 6 nitrogen and oxygen atoms in total. The van der Waals surface area contributed by atoms with E-state index in [0.29, 0.717) is 26.1 Å². The van der Waals surface area contributed by atoms with Gasteiger partial charge in [-0.3, -0.25) is 9.89 Å². The zero-order valence-electron chi connectivity index (χ0n) is 13.5. The molecule has 0 bridgehead atoms. The standard InChI is InChI=1S/C15H25N3O3/c1-10-13(11(2)17-16-10)6-14(19)18-7-12(8-20-5)21-15(3,4)9-18/h12H,6-9H2,1-5H3,(H,16,17).